The topological polar surface area (TPSA) is 61.9 Å². The van der Waals surface area contributed by atoms with Crippen LogP contribution in [0.1, 0.15) is 10.4 Å². The smallest absolute Gasteiger partial charge is 0.365 e. The molecule has 0 aliphatic carbocycles. The summed E-state index contributed by atoms with van der Waals surface area (Å²) >= 11 is 0. The molecule has 3 rings (SSSR count). The first-order valence-corrected chi connectivity index (χ1v) is 7.49. The Labute approximate surface area is 136 Å². The van der Waals surface area contributed by atoms with Gasteiger partial charge in [-0.15, -0.1) is 0 Å². The molecule has 1 atom stereocenters. The van der Waals surface area contributed by atoms with Crippen molar-refractivity contribution in [2.45, 2.75) is 12.3 Å². The van der Waals surface area contributed by atoms with Crippen molar-refractivity contribution in [1.82, 2.24) is 10.2 Å². The standard InChI is InChI=1S/C15H16F3N3O3/c16-15(17,18)12-9-20(6-7-24-12)13(22)10-2-1-3-11(8-10)21-5-4-19-14(21)23/h1-3,8,12H,4-7,9H2,(H,19,23)/t12-/m0/s1. The number of anilines is 1. The lowest BCUT2D eigenvalue weighted by Gasteiger charge is -2.34. The summed E-state index contributed by atoms with van der Waals surface area (Å²) in [5.41, 5.74) is 0.784. The molecule has 6 nitrogen and oxygen atoms in total. The molecule has 0 bridgehead atoms. The highest BCUT2D eigenvalue weighted by Crippen LogP contribution is 2.27. The zero-order valence-corrected chi connectivity index (χ0v) is 12.7. The van der Waals surface area contributed by atoms with E-state index in [0.717, 1.165) is 4.90 Å². The van der Waals surface area contributed by atoms with Crippen LogP contribution in [0.15, 0.2) is 24.3 Å². The lowest BCUT2D eigenvalue weighted by atomic mass is 10.1. The van der Waals surface area contributed by atoms with Gasteiger partial charge in [-0.3, -0.25) is 9.69 Å². The zero-order valence-electron chi connectivity index (χ0n) is 12.7. The fraction of sp³-hybridized carbons (Fsp3) is 0.467. The molecule has 2 aliphatic rings. The maximum absolute atomic E-state index is 12.8. The first-order valence-electron chi connectivity index (χ1n) is 7.49. The van der Waals surface area contributed by atoms with Gasteiger partial charge in [0.15, 0.2) is 6.10 Å². The van der Waals surface area contributed by atoms with E-state index in [1.165, 1.54) is 17.0 Å². The average Bonchev–Trinajstić information content (AvgIpc) is 3.00. The number of nitrogens with one attached hydrogen (secondary N) is 1. The van der Waals surface area contributed by atoms with Crippen LogP contribution in [-0.4, -0.2) is 61.9 Å². The van der Waals surface area contributed by atoms with Gasteiger partial charge in [0.1, 0.15) is 0 Å². The Balaban J connectivity index is 1.76. The lowest BCUT2D eigenvalue weighted by Crippen LogP contribution is -2.51. The van der Waals surface area contributed by atoms with Gasteiger partial charge in [-0.1, -0.05) is 6.07 Å². The maximum atomic E-state index is 12.8. The SMILES string of the molecule is O=C(c1cccc(N2CCNC2=O)c1)N1CCO[C@H](C(F)(F)F)C1. The molecular formula is C15H16F3N3O3. The summed E-state index contributed by atoms with van der Waals surface area (Å²) in [4.78, 5) is 26.8. The van der Waals surface area contributed by atoms with E-state index >= 15 is 0 Å². The third kappa shape index (κ3) is 3.30. The highest BCUT2D eigenvalue weighted by Gasteiger charge is 2.44. The van der Waals surface area contributed by atoms with Crippen LogP contribution in [0, 0.1) is 0 Å². The molecule has 2 fully saturated rings. The number of hydrogen-bond donors (Lipinski definition) is 1. The van der Waals surface area contributed by atoms with Gasteiger partial charge in [-0.2, -0.15) is 13.2 Å². The van der Waals surface area contributed by atoms with Crippen LogP contribution in [0.25, 0.3) is 0 Å². The molecule has 1 aromatic rings. The highest BCUT2D eigenvalue weighted by molar-refractivity contribution is 5.98. The van der Waals surface area contributed by atoms with Crippen LogP contribution in [-0.2, 0) is 4.74 Å². The summed E-state index contributed by atoms with van der Waals surface area (Å²) in [6.07, 6.45) is -6.48. The van der Waals surface area contributed by atoms with Gasteiger partial charge in [0.05, 0.1) is 13.2 Å². The third-order valence-corrected chi connectivity index (χ3v) is 3.98. The summed E-state index contributed by atoms with van der Waals surface area (Å²) in [5.74, 6) is -0.506. The van der Waals surface area contributed by atoms with Gasteiger partial charge in [-0.05, 0) is 18.2 Å². The number of rotatable bonds is 2. The van der Waals surface area contributed by atoms with Gasteiger partial charge < -0.3 is 15.0 Å². The monoisotopic (exact) mass is 343 g/mol. The molecule has 0 saturated carbocycles. The average molecular weight is 343 g/mol. The molecule has 9 heteroatoms. The molecule has 0 aromatic heterocycles. The van der Waals surface area contributed by atoms with Crippen LogP contribution in [0.3, 0.4) is 0 Å². The summed E-state index contributed by atoms with van der Waals surface area (Å²) in [6, 6.07) is 6.07. The minimum absolute atomic E-state index is 0.0971. The maximum Gasteiger partial charge on any atom is 0.416 e. The predicted octanol–water partition coefficient (Wildman–Crippen LogP) is 1.62. The zero-order chi connectivity index (χ0) is 17.3. The summed E-state index contributed by atoms with van der Waals surface area (Å²) < 4.78 is 43.0. The molecule has 0 unspecified atom stereocenters. The van der Waals surface area contributed by atoms with Crippen LogP contribution < -0.4 is 10.2 Å². The lowest BCUT2D eigenvalue weighted by molar-refractivity contribution is -0.233. The predicted molar refractivity (Wildman–Crippen MR) is 78.9 cm³/mol. The summed E-state index contributed by atoms with van der Waals surface area (Å²) in [5, 5.41) is 2.65. The van der Waals surface area contributed by atoms with Crippen molar-refractivity contribution in [3.8, 4) is 0 Å². The highest BCUT2D eigenvalue weighted by atomic mass is 19.4. The van der Waals surface area contributed by atoms with Gasteiger partial charge in [0, 0.05) is 30.9 Å². The Hall–Kier alpha value is -2.29. The van der Waals surface area contributed by atoms with Gasteiger partial charge in [-0.25, -0.2) is 4.79 Å². The Morgan fingerprint density at radius 1 is 1.29 bits per heavy atom. The van der Waals surface area contributed by atoms with E-state index in [2.05, 4.69) is 5.32 Å². The fourth-order valence-corrected chi connectivity index (χ4v) is 2.74. The van der Waals surface area contributed by atoms with Gasteiger partial charge >= 0.3 is 12.2 Å². The number of benzene rings is 1. The van der Waals surface area contributed by atoms with Crippen molar-refractivity contribution >= 4 is 17.6 Å². The molecule has 2 aliphatic heterocycles. The molecule has 3 amide bonds. The van der Waals surface area contributed by atoms with Crippen LogP contribution in [0.2, 0.25) is 0 Å². The van der Waals surface area contributed by atoms with Crippen LogP contribution >= 0.6 is 0 Å². The Kier molecular flexibility index (Phi) is 4.35. The van der Waals surface area contributed by atoms with Crippen LogP contribution in [0.4, 0.5) is 23.7 Å². The van der Waals surface area contributed by atoms with Crippen molar-refractivity contribution in [2.24, 2.45) is 0 Å². The molecule has 2 saturated heterocycles. The first-order chi connectivity index (χ1) is 11.4. The van der Waals surface area contributed by atoms with Crippen molar-refractivity contribution in [3.05, 3.63) is 29.8 Å². The minimum atomic E-state index is -4.51. The van der Waals surface area contributed by atoms with E-state index < -0.39 is 24.7 Å². The number of carbonyl (C=O) groups is 2. The molecule has 24 heavy (non-hydrogen) atoms. The number of alkyl halides is 3. The van der Waals surface area contributed by atoms with E-state index in [1.807, 2.05) is 0 Å². The second kappa shape index (κ2) is 6.31. The van der Waals surface area contributed by atoms with Crippen molar-refractivity contribution in [1.29, 1.82) is 0 Å². The largest absolute Gasteiger partial charge is 0.416 e. The molecule has 130 valence electrons. The van der Waals surface area contributed by atoms with E-state index in [0.29, 0.717) is 18.8 Å². The summed E-state index contributed by atoms with van der Waals surface area (Å²) in [7, 11) is 0. The first kappa shape index (κ1) is 16.6. The number of morpholine rings is 1. The molecule has 1 aromatic carbocycles. The Morgan fingerprint density at radius 2 is 2.08 bits per heavy atom. The second-order valence-corrected chi connectivity index (χ2v) is 5.59. The number of amides is 3. The quantitative estimate of drug-likeness (QED) is 0.888. The Bertz CT molecular complexity index is 650. The number of nitrogens with zero attached hydrogens (tertiary/aromatic N) is 2. The van der Waals surface area contributed by atoms with Gasteiger partial charge in [0.2, 0.25) is 0 Å². The van der Waals surface area contributed by atoms with E-state index in [1.54, 1.807) is 12.1 Å². The summed E-state index contributed by atoms with van der Waals surface area (Å²) in [6.45, 7) is 0.388. The minimum Gasteiger partial charge on any atom is -0.365 e. The number of carbonyl (C=O) groups excluding carboxylic acids is 2. The number of ether oxygens (including phenoxy) is 1. The van der Waals surface area contributed by atoms with Crippen molar-refractivity contribution in [2.75, 3.05) is 37.7 Å². The van der Waals surface area contributed by atoms with E-state index in [9.17, 15) is 22.8 Å². The molecule has 2 heterocycles. The molecule has 0 radical (unpaired) electrons. The van der Waals surface area contributed by atoms with E-state index in [4.69, 9.17) is 4.74 Å². The number of urea groups is 1. The fourth-order valence-electron chi connectivity index (χ4n) is 2.74. The van der Waals surface area contributed by atoms with E-state index in [-0.39, 0.29) is 24.7 Å². The van der Waals surface area contributed by atoms with Gasteiger partial charge in [0.25, 0.3) is 5.91 Å². The van der Waals surface area contributed by atoms with Crippen molar-refractivity contribution in [3.63, 3.8) is 0 Å². The normalized spacial score (nSPS) is 21.8. The van der Waals surface area contributed by atoms with Crippen molar-refractivity contribution < 1.29 is 27.5 Å². The molecule has 1 N–H and O–H groups in total. The second-order valence-electron chi connectivity index (χ2n) is 5.59. The molecule has 0 spiro atoms. The van der Waals surface area contributed by atoms with Crippen LogP contribution in [0.5, 0.6) is 0 Å². The third-order valence-electron chi connectivity index (χ3n) is 3.98. The Morgan fingerprint density at radius 3 is 2.75 bits per heavy atom. The number of hydrogen-bond acceptors (Lipinski definition) is 3. The molecular weight excluding hydrogens is 327 g/mol. The number of halogens is 3.